The molecule has 6 heteroatoms. The summed E-state index contributed by atoms with van der Waals surface area (Å²) in [5.41, 5.74) is 7.74. The van der Waals surface area contributed by atoms with Gasteiger partial charge in [0, 0.05) is 49.3 Å². The summed E-state index contributed by atoms with van der Waals surface area (Å²) in [7, 11) is 0. The molecule has 0 bridgehead atoms. The van der Waals surface area contributed by atoms with Crippen molar-refractivity contribution in [2.24, 2.45) is 4.99 Å². The molecule has 0 amide bonds. The van der Waals surface area contributed by atoms with Crippen LogP contribution in [0.15, 0.2) is 84.0 Å². The molecule has 1 aromatic heterocycles. The molecule has 0 aliphatic carbocycles. The molecule has 0 spiro atoms. The molecular formula is C33H32F2N4. The average Bonchev–Trinajstić information content (AvgIpc) is 3.43. The number of aryl methyl sites for hydroxylation is 2. The Morgan fingerprint density at radius 2 is 1.33 bits per heavy atom. The van der Waals surface area contributed by atoms with Gasteiger partial charge >= 0.3 is 0 Å². The zero-order valence-corrected chi connectivity index (χ0v) is 22.4. The van der Waals surface area contributed by atoms with Gasteiger partial charge in [0.1, 0.15) is 17.5 Å². The highest BCUT2D eigenvalue weighted by Gasteiger charge is 2.24. The number of piperazine rings is 1. The second-order valence-corrected chi connectivity index (χ2v) is 10.5. The molecule has 6 rings (SSSR count). The molecule has 1 unspecified atom stereocenters. The third kappa shape index (κ3) is 5.03. The first kappa shape index (κ1) is 25.2. The zero-order chi connectivity index (χ0) is 26.9. The first-order chi connectivity index (χ1) is 19.0. The first-order valence-electron chi connectivity index (χ1n) is 13.6. The Kier molecular flexibility index (Phi) is 6.86. The van der Waals surface area contributed by atoms with Gasteiger partial charge in [0.2, 0.25) is 0 Å². The number of halogens is 2. The summed E-state index contributed by atoms with van der Waals surface area (Å²) < 4.78 is 28.4. The van der Waals surface area contributed by atoms with E-state index in [0.717, 1.165) is 55.1 Å². The predicted molar refractivity (Wildman–Crippen MR) is 155 cm³/mol. The lowest BCUT2D eigenvalue weighted by Gasteiger charge is -2.38. The number of nitrogens with zero attached hydrogens (tertiary/aromatic N) is 4. The molecular weight excluding hydrogens is 490 g/mol. The molecule has 0 radical (unpaired) electrons. The summed E-state index contributed by atoms with van der Waals surface area (Å²) in [4.78, 5) is 14.3. The lowest BCUT2D eigenvalue weighted by molar-refractivity contribution is 0.578. The van der Waals surface area contributed by atoms with E-state index in [1.807, 2.05) is 6.20 Å². The molecule has 0 N–H and O–H groups in total. The first-order valence-corrected chi connectivity index (χ1v) is 13.6. The lowest BCUT2D eigenvalue weighted by Crippen LogP contribution is -2.47. The van der Waals surface area contributed by atoms with Crippen LogP contribution in [0.4, 0.5) is 20.3 Å². The van der Waals surface area contributed by atoms with E-state index < -0.39 is 11.6 Å². The van der Waals surface area contributed by atoms with Gasteiger partial charge in [-0.05, 0) is 73.2 Å². The van der Waals surface area contributed by atoms with Crippen LogP contribution >= 0.6 is 0 Å². The Morgan fingerprint density at radius 3 is 1.97 bits per heavy atom. The third-order valence-electron chi connectivity index (χ3n) is 7.95. The van der Waals surface area contributed by atoms with Crippen LogP contribution in [-0.4, -0.2) is 36.9 Å². The molecule has 198 valence electrons. The molecule has 4 aromatic rings. The number of hydrogen-bond acceptors (Lipinski definition) is 4. The topological polar surface area (TPSA) is 31.7 Å². The van der Waals surface area contributed by atoms with Crippen molar-refractivity contribution >= 4 is 17.2 Å². The smallest absolute Gasteiger partial charge is 0.135 e. The number of para-hydroxylation sites is 1. The molecule has 2 aliphatic heterocycles. The van der Waals surface area contributed by atoms with Gasteiger partial charge in [-0.15, -0.1) is 0 Å². The van der Waals surface area contributed by atoms with E-state index in [0.29, 0.717) is 12.1 Å². The fourth-order valence-corrected chi connectivity index (χ4v) is 5.90. The van der Waals surface area contributed by atoms with Gasteiger partial charge < -0.3 is 9.80 Å². The standard InChI is InChI=1S/C33H32F2N4/c1-22-5-3-6-23(2)33(22)39-19-17-38(18-20-39)31-16-13-26(21-36-31)24-9-11-25(12-10-24)29-14-15-30(37-29)32-27(34)7-4-8-28(32)35/h3-13,16,21,29H,14-15,17-20H2,1-2H3. The maximum Gasteiger partial charge on any atom is 0.135 e. The molecule has 1 fully saturated rings. The molecule has 4 nitrogen and oxygen atoms in total. The van der Waals surface area contributed by atoms with Gasteiger partial charge in [0.05, 0.1) is 11.6 Å². The van der Waals surface area contributed by atoms with Crippen molar-refractivity contribution in [2.45, 2.75) is 32.7 Å². The van der Waals surface area contributed by atoms with E-state index in [1.54, 1.807) is 0 Å². The van der Waals surface area contributed by atoms with E-state index in [1.165, 1.54) is 35.0 Å². The second-order valence-electron chi connectivity index (χ2n) is 10.5. The van der Waals surface area contributed by atoms with Gasteiger partial charge in [-0.1, -0.05) is 48.5 Å². The van der Waals surface area contributed by atoms with Gasteiger partial charge in [0.15, 0.2) is 0 Å². The summed E-state index contributed by atoms with van der Waals surface area (Å²) in [5.74, 6) is -0.0994. The quantitative estimate of drug-likeness (QED) is 0.276. The van der Waals surface area contributed by atoms with Crippen molar-refractivity contribution in [1.82, 2.24) is 4.98 Å². The van der Waals surface area contributed by atoms with Crippen molar-refractivity contribution < 1.29 is 8.78 Å². The van der Waals surface area contributed by atoms with Crippen molar-refractivity contribution in [3.05, 3.63) is 113 Å². The normalized spacial score (nSPS) is 17.4. The van der Waals surface area contributed by atoms with Gasteiger partial charge in [0.25, 0.3) is 0 Å². The van der Waals surface area contributed by atoms with Crippen LogP contribution in [0.2, 0.25) is 0 Å². The van der Waals surface area contributed by atoms with Crippen LogP contribution < -0.4 is 9.80 Å². The minimum atomic E-state index is -0.552. The monoisotopic (exact) mass is 522 g/mol. The summed E-state index contributed by atoms with van der Waals surface area (Å²) in [6.07, 6.45) is 3.25. The van der Waals surface area contributed by atoms with Crippen molar-refractivity contribution in [3.8, 4) is 11.1 Å². The molecule has 39 heavy (non-hydrogen) atoms. The van der Waals surface area contributed by atoms with Gasteiger partial charge in [-0.25, -0.2) is 13.8 Å². The fourth-order valence-electron chi connectivity index (χ4n) is 5.90. The number of aromatic nitrogens is 1. The Labute approximate surface area is 228 Å². The van der Waals surface area contributed by atoms with E-state index in [-0.39, 0.29) is 11.6 Å². The largest absolute Gasteiger partial charge is 0.368 e. The van der Waals surface area contributed by atoms with Crippen molar-refractivity contribution in [2.75, 3.05) is 36.0 Å². The number of hydrogen-bond donors (Lipinski definition) is 0. The highest BCUT2D eigenvalue weighted by Crippen LogP contribution is 2.34. The summed E-state index contributed by atoms with van der Waals surface area (Å²) >= 11 is 0. The van der Waals surface area contributed by atoms with Crippen molar-refractivity contribution in [1.29, 1.82) is 0 Å². The zero-order valence-electron chi connectivity index (χ0n) is 22.4. The van der Waals surface area contributed by atoms with Crippen LogP contribution in [0, 0.1) is 25.5 Å². The Morgan fingerprint density at radius 1 is 0.718 bits per heavy atom. The van der Waals surface area contributed by atoms with E-state index in [9.17, 15) is 8.78 Å². The Balaban J connectivity index is 1.11. The number of benzene rings is 3. The summed E-state index contributed by atoms with van der Waals surface area (Å²) in [6, 6.07) is 22.9. The maximum atomic E-state index is 14.2. The number of aliphatic imine (C=N–C) groups is 1. The third-order valence-corrected chi connectivity index (χ3v) is 7.95. The van der Waals surface area contributed by atoms with Gasteiger partial charge in [-0.3, -0.25) is 4.99 Å². The van der Waals surface area contributed by atoms with Crippen LogP contribution in [0.5, 0.6) is 0 Å². The average molecular weight is 523 g/mol. The Hall–Kier alpha value is -4.06. The minimum Gasteiger partial charge on any atom is -0.368 e. The lowest BCUT2D eigenvalue weighted by atomic mass is 10.00. The highest BCUT2D eigenvalue weighted by molar-refractivity contribution is 6.02. The minimum absolute atomic E-state index is 0.00879. The highest BCUT2D eigenvalue weighted by atomic mass is 19.1. The molecule has 3 heterocycles. The number of pyridine rings is 1. The van der Waals surface area contributed by atoms with E-state index in [4.69, 9.17) is 4.98 Å². The predicted octanol–water partition coefficient (Wildman–Crippen LogP) is 7.29. The molecule has 0 saturated carbocycles. The van der Waals surface area contributed by atoms with Crippen molar-refractivity contribution in [3.63, 3.8) is 0 Å². The Bertz CT molecular complexity index is 1460. The van der Waals surface area contributed by atoms with Crippen LogP contribution in [0.1, 0.15) is 41.1 Å². The number of anilines is 2. The van der Waals surface area contributed by atoms with E-state index in [2.05, 4.69) is 83.2 Å². The fraction of sp³-hybridized carbons (Fsp3) is 0.273. The summed E-state index contributed by atoms with van der Waals surface area (Å²) in [5, 5.41) is 0. The maximum absolute atomic E-state index is 14.2. The molecule has 1 atom stereocenters. The van der Waals surface area contributed by atoms with Crippen LogP contribution in [0.25, 0.3) is 11.1 Å². The molecule has 2 aliphatic rings. The van der Waals surface area contributed by atoms with Crippen LogP contribution in [-0.2, 0) is 0 Å². The number of rotatable bonds is 5. The molecule has 3 aromatic carbocycles. The van der Waals surface area contributed by atoms with Gasteiger partial charge in [-0.2, -0.15) is 0 Å². The SMILES string of the molecule is Cc1cccc(C)c1N1CCN(c2ccc(-c3ccc(C4CCC(c5c(F)cccc5F)=N4)cc3)cn2)CC1. The van der Waals surface area contributed by atoms with E-state index >= 15 is 0 Å². The summed E-state index contributed by atoms with van der Waals surface area (Å²) in [6.45, 7) is 8.21. The van der Waals surface area contributed by atoms with Crippen LogP contribution in [0.3, 0.4) is 0 Å². The molecule has 1 saturated heterocycles. The second kappa shape index (κ2) is 10.6.